The number of carboxylic acid groups (broad SMARTS) is 2. The van der Waals surface area contributed by atoms with Gasteiger partial charge in [0.1, 0.15) is 11.5 Å². The van der Waals surface area contributed by atoms with E-state index in [1.54, 1.807) is 24.3 Å². The van der Waals surface area contributed by atoms with E-state index in [0.717, 1.165) is 17.2 Å². The van der Waals surface area contributed by atoms with Crippen LogP contribution in [0.15, 0.2) is 71.6 Å². The summed E-state index contributed by atoms with van der Waals surface area (Å²) in [6.45, 7) is 4.23. The molecule has 0 atom stereocenters. The SMILES string of the molecule is CC(C)(c1ccc(O)cc1)c1ccc(O)cc1.O=C(O)c1cc(C(=O)O)cc(S(=O)(=O)O)c1. The van der Waals surface area contributed by atoms with Crippen molar-refractivity contribution < 1.29 is 43.0 Å². The molecule has 0 bridgehead atoms. The minimum absolute atomic E-state index is 0.151. The molecule has 0 unspecified atom stereocenters. The molecule has 9 nitrogen and oxygen atoms in total. The summed E-state index contributed by atoms with van der Waals surface area (Å²) in [7, 11) is -4.64. The van der Waals surface area contributed by atoms with Crippen LogP contribution >= 0.6 is 0 Å². The lowest BCUT2D eigenvalue weighted by Gasteiger charge is -2.26. The number of phenols is 2. The maximum Gasteiger partial charge on any atom is 0.335 e. The van der Waals surface area contributed by atoms with Crippen LogP contribution in [0.2, 0.25) is 0 Å². The van der Waals surface area contributed by atoms with E-state index in [-0.39, 0.29) is 16.9 Å². The van der Waals surface area contributed by atoms with Crippen LogP contribution in [0.5, 0.6) is 11.5 Å². The van der Waals surface area contributed by atoms with Gasteiger partial charge < -0.3 is 20.4 Å². The number of carbonyl (C=O) groups is 2. The highest BCUT2D eigenvalue weighted by atomic mass is 32.2. The van der Waals surface area contributed by atoms with Gasteiger partial charge in [0.2, 0.25) is 0 Å². The number of hydrogen-bond acceptors (Lipinski definition) is 6. The quantitative estimate of drug-likeness (QED) is 0.346. The van der Waals surface area contributed by atoms with Gasteiger partial charge >= 0.3 is 11.9 Å². The van der Waals surface area contributed by atoms with Gasteiger partial charge in [0.05, 0.1) is 16.0 Å². The number of aromatic hydroxyl groups is 2. The molecule has 3 aromatic rings. The van der Waals surface area contributed by atoms with Crippen molar-refractivity contribution in [1.29, 1.82) is 0 Å². The minimum atomic E-state index is -4.64. The number of benzene rings is 3. The second-order valence-electron chi connectivity index (χ2n) is 7.55. The maximum absolute atomic E-state index is 10.8. The molecule has 3 rings (SSSR count). The molecule has 5 N–H and O–H groups in total. The molecular weight excluding hydrogens is 452 g/mol. The highest BCUT2D eigenvalue weighted by molar-refractivity contribution is 7.85. The lowest BCUT2D eigenvalue weighted by atomic mass is 9.78. The summed E-state index contributed by atoms with van der Waals surface area (Å²) in [5.74, 6) is -2.44. The van der Waals surface area contributed by atoms with Gasteiger partial charge in [0, 0.05) is 5.41 Å². The molecule has 0 fully saturated rings. The standard InChI is InChI=1S/C15H16O2.C8H6O7S/c1-15(2,11-3-7-13(16)8-4-11)12-5-9-14(17)10-6-12;9-7(10)4-1-5(8(11)12)3-6(2-4)16(13,14)15/h3-10,16-17H,1-2H3;1-3H,(H,9,10)(H,11,12)(H,13,14,15). The third kappa shape index (κ3) is 6.55. The van der Waals surface area contributed by atoms with E-state index < -0.39 is 38.1 Å². The largest absolute Gasteiger partial charge is 0.508 e. The molecule has 0 aromatic heterocycles. The number of hydrogen-bond donors (Lipinski definition) is 5. The summed E-state index contributed by atoms with van der Waals surface area (Å²) in [5, 5.41) is 35.8. The Balaban J connectivity index is 0.000000234. The van der Waals surface area contributed by atoms with Crippen molar-refractivity contribution in [3.05, 3.63) is 89.0 Å². The Bertz CT molecular complexity index is 1180. The van der Waals surface area contributed by atoms with E-state index in [9.17, 15) is 28.2 Å². The summed E-state index contributed by atoms with van der Waals surface area (Å²) in [6.07, 6.45) is 0. The first-order chi connectivity index (χ1) is 15.2. The van der Waals surface area contributed by atoms with Crippen LogP contribution in [-0.4, -0.2) is 45.3 Å². The average molecular weight is 474 g/mol. The fourth-order valence-corrected chi connectivity index (χ4v) is 3.47. The number of phenolic OH excluding ortho intramolecular Hbond substituents is 2. The van der Waals surface area contributed by atoms with Crippen LogP contribution in [0.4, 0.5) is 0 Å². The number of aromatic carboxylic acids is 2. The first kappa shape index (κ1) is 25.4. The van der Waals surface area contributed by atoms with Crippen LogP contribution in [-0.2, 0) is 15.5 Å². The highest BCUT2D eigenvalue weighted by Gasteiger charge is 2.22. The fraction of sp³-hybridized carbons (Fsp3) is 0.130. The molecule has 0 aliphatic carbocycles. The second kappa shape index (κ2) is 9.72. The zero-order valence-corrected chi connectivity index (χ0v) is 18.4. The summed E-state index contributed by atoms with van der Waals surface area (Å²) < 4.78 is 30.2. The molecule has 0 amide bonds. The highest BCUT2D eigenvalue weighted by Crippen LogP contribution is 2.32. The lowest BCUT2D eigenvalue weighted by Crippen LogP contribution is -2.18. The molecule has 3 aromatic carbocycles. The Morgan fingerprint density at radius 3 is 1.30 bits per heavy atom. The van der Waals surface area contributed by atoms with Crippen LogP contribution in [0.1, 0.15) is 45.7 Å². The first-order valence-corrected chi connectivity index (χ1v) is 10.8. The topological polar surface area (TPSA) is 169 Å². The smallest absolute Gasteiger partial charge is 0.335 e. The van der Waals surface area contributed by atoms with Crippen molar-refractivity contribution >= 4 is 22.1 Å². The molecule has 10 heteroatoms. The van der Waals surface area contributed by atoms with Crippen molar-refractivity contribution in [1.82, 2.24) is 0 Å². The van der Waals surface area contributed by atoms with E-state index >= 15 is 0 Å². The van der Waals surface area contributed by atoms with Gasteiger partial charge in [-0.2, -0.15) is 8.42 Å². The lowest BCUT2D eigenvalue weighted by molar-refractivity contribution is 0.0696. The molecule has 0 radical (unpaired) electrons. The number of carboxylic acids is 2. The van der Waals surface area contributed by atoms with E-state index in [4.69, 9.17) is 14.8 Å². The normalized spacial score (nSPS) is 11.2. The van der Waals surface area contributed by atoms with Crippen LogP contribution in [0.25, 0.3) is 0 Å². The zero-order valence-electron chi connectivity index (χ0n) is 17.6. The zero-order chi connectivity index (χ0) is 25.0. The Kier molecular flexibility index (Phi) is 7.47. The summed E-state index contributed by atoms with van der Waals surface area (Å²) >= 11 is 0. The van der Waals surface area contributed by atoms with Gasteiger partial charge in [0.15, 0.2) is 0 Å². The predicted octanol–water partition coefficient (Wildman–Crippen LogP) is 3.75. The van der Waals surface area contributed by atoms with Gasteiger partial charge in [-0.25, -0.2) is 9.59 Å². The van der Waals surface area contributed by atoms with Crippen molar-refractivity contribution in [3.8, 4) is 11.5 Å². The summed E-state index contributed by atoms with van der Waals surface area (Å²) in [5.41, 5.74) is 1.03. The van der Waals surface area contributed by atoms with Gasteiger partial charge in [-0.3, -0.25) is 4.55 Å². The van der Waals surface area contributed by atoms with Gasteiger partial charge in [-0.1, -0.05) is 38.1 Å². The van der Waals surface area contributed by atoms with E-state index in [1.165, 1.54) is 0 Å². The third-order valence-corrected chi connectivity index (χ3v) is 5.71. The first-order valence-electron chi connectivity index (χ1n) is 9.40. The third-order valence-electron chi connectivity index (χ3n) is 4.88. The minimum Gasteiger partial charge on any atom is -0.508 e. The molecule has 0 saturated heterocycles. The Hall–Kier alpha value is -3.89. The van der Waals surface area contributed by atoms with Crippen molar-refractivity contribution in [2.24, 2.45) is 0 Å². The molecular formula is C23H22O9S. The Morgan fingerprint density at radius 1 is 0.697 bits per heavy atom. The number of rotatable bonds is 5. The van der Waals surface area contributed by atoms with E-state index in [1.807, 2.05) is 24.3 Å². The molecule has 0 aliphatic heterocycles. The van der Waals surface area contributed by atoms with Crippen molar-refractivity contribution in [2.45, 2.75) is 24.2 Å². The van der Waals surface area contributed by atoms with Crippen molar-refractivity contribution in [3.63, 3.8) is 0 Å². The molecule has 0 saturated carbocycles. The van der Waals surface area contributed by atoms with E-state index in [2.05, 4.69) is 13.8 Å². The fourth-order valence-electron chi connectivity index (χ4n) is 2.92. The molecule has 174 valence electrons. The van der Waals surface area contributed by atoms with Crippen LogP contribution in [0, 0.1) is 0 Å². The van der Waals surface area contributed by atoms with Crippen LogP contribution in [0.3, 0.4) is 0 Å². The summed E-state index contributed by atoms with van der Waals surface area (Å²) in [4.78, 5) is 20.4. The molecule has 0 spiro atoms. The average Bonchev–Trinajstić information content (AvgIpc) is 2.74. The Labute approximate surface area is 190 Å². The van der Waals surface area contributed by atoms with Crippen molar-refractivity contribution in [2.75, 3.05) is 0 Å². The summed E-state index contributed by atoms with van der Waals surface area (Å²) in [6, 6.07) is 16.6. The molecule has 33 heavy (non-hydrogen) atoms. The van der Waals surface area contributed by atoms with E-state index in [0.29, 0.717) is 12.1 Å². The van der Waals surface area contributed by atoms with Gasteiger partial charge in [-0.15, -0.1) is 0 Å². The second-order valence-corrected chi connectivity index (χ2v) is 8.97. The van der Waals surface area contributed by atoms with Gasteiger partial charge in [-0.05, 0) is 53.6 Å². The van der Waals surface area contributed by atoms with Gasteiger partial charge in [0.25, 0.3) is 10.1 Å². The monoisotopic (exact) mass is 474 g/mol. The van der Waals surface area contributed by atoms with Crippen LogP contribution < -0.4 is 0 Å². The molecule has 0 aliphatic rings. The molecule has 0 heterocycles. The Morgan fingerprint density at radius 2 is 1.03 bits per heavy atom. The maximum atomic E-state index is 10.8. The predicted molar refractivity (Wildman–Crippen MR) is 119 cm³/mol.